The summed E-state index contributed by atoms with van der Waals surface area (Å²) in [4.78, 5) is 11.6. The number of aryl methyl sites for hydroxylation is 2. The summed E-state index contributed by atoms with van der Waals surface area (Å²) in [5.74, 6) is -0.102. The number of ether oxygens (including phenoxy) is 1. The van der Waals surface area contributed by atoms with Crippen molar-refractivity contribution in [3.05, 3.63) is 34.5 Å². The average Bonchev–Trinajstić information content (AvgIpc) is 3.06. The molecule has 9 heteroatoms. The summed E-state index contributed by atoms with van der Waals surface area (Å²) in [5, 5.41) is 5.38. The SMILES string of the molecule is Cc1noc(C)c1COC(=O)CNS(=O)(=O)c1cccs1. The molecule has 0 fully saturated rings. The van der Waals surface area contributed by atoms with Gasteiger partial charge in [0.25, 0.3) is 10.0 Å². The zero-order valence-corrected chi connectivity index (χ0v) is 13.1. The van der Waals surface area contributed by atoms with Crippen LogP contribution in [0.4, 0.5) is 0 Å². The van der Waals surface area contributed by atoms with Crippen LogP contribution < -0.4 is 4.72 Å². The van der Waals surface area contributed by atoms with Crippen molar-refractivity contribution in [2.75, 3.05) is 6.54 Å². The molecule has 0 radical (unpaired) electrons. The summed E-state index contributed by atoms with van der Waals surface area (Å²) in [5.41, 5.74) is 1.32. The fourth-order valence-corrected chi connectivity index (χ4v) is 3.56. The molecule has 2 heterocycles. The molecule has 0 aliphatic heterocycles. The summed E-state index contributed by atoms with van der Waals surface area (Å²) in [6, 6.07) is 3.08. The zero-order chi connectivity index (χ0) is 15.5. The molecule has 0 saturated heterocycles. The number of hydrogen-bond acceptors (Lipinski definition) is 7. The molecule has 0 saturated carbocycles. The Bertz CT molecular complexity index is 699. The Balaban J connectivity index is 1.86. The lowest BCUT2D eigenvalue weighted by Gasteiger charge is -2.06. The van der Waals surface area contributed by atoms with Crippen LogP contribution in [-0.4, -0.2) is 26.1 Å². The molecule has 114 valence electrons. The Kier molecular flexibility index (Phi) is 4.76. The molecule has 7 nitrogen and oxygen atoms in total. The molecule has 0 aliphatic carbocycles. The van der Waals surface area contributed by atoms with Gasteiger partial charge < -0.3 is 9.26 Å². The lowest BCUT2D eigenvalue weighted by molar-refractivity contribution is -0.143. The van der Waals surface area contributed by atoms with Gasteiger partial charge in [0.1, 0.15) is 23.1 Å². The van der Waals surface area contributed by atoms with Crippen molar-refractivity contribution in [1.29, 1.82) is 0 Å². The van der Waals surface area contributed by atoms with Gasteiger partial charge in [0.2, 0.25) is 0 Å². The van der Waals surface area contributed by atoms with E-state index in [4.69, 9.17) is 9.26 Å². The van der Waals surface area contributed by atoms with E-state index < -0.39 is 22.5 Å². The van der Waals surface area contributed by atoms with E-state index in [2.05, 4.69) is 9.88 Å². The monoisotopic (exact) mass is 330 g/mol. The van der Waals surface area contributed by atoms with Gasteiger partial charge in [-0.25, -0.2) is 8.42 Å². The Morgan fingerprint density at radius 1 is 1.48 bits per heavy atom. The number of aromatic nitrogens is 1. The van der Waals surface area contributed by atoms with Gasteiger partial charge in [-0.05, 0) is 25.3 Å². The summed E-state index contributed by atoms with van der Waals surface area (Å²) < 4.78 is 35.9. The molecule has 0 unspecified atom stereocenters. The lowest BCUT2D eigenvalue weighted by Crippen LogP contribution is -2.30. The highest BCUT2D eigenvalue weighted by molar-refractivity contribution is 7.91. The number of carbonyl (C=O) groups is 1. The first-order chi connectivity index (χ1) is 9.90. The maximum atomic E-state index is 11.8. The molecule has 0 aromatic carbocycles. The van der Waals surface area contributed by atoms with Crippen LogP contribution >= 0.6 is 11.3 Å². The predicted octanol–water partition coefficient (Wildman–Crippen LogP) is 1.37. The molecule has 2 rings (SSSR count). The van der Waals surface area contributed by atoms with E-state index in [0.717, 1.165) is 11.3 Å². The fourth-order valence-electron chi connectivity index (χ4n) is 1.55. The molecule has 2 aromatic heterocycles. The van der Waals surface area contributed by atoms with E-state index in [9.17, 15) is 13.2 Å². The lowest BCUT2D eigenvalue weighted by atomic mass is 10.2. The minimum absolute atomic E-state index is 0.000724. The standard InChI is InChI=1S/C12H14N2O5S2/c1-8-10(9(2)19-14-8)7-18-11(15)6-13-21(16,17)12-4-3-5-20-12/h3-5,13H,6-7H2,1-2H3. The van der Waals surface area contributed by atoms with Crippen molar-refractivity contribution in [1.82, 2.24) is 9.88 Å². The largest absolute Gasteiger partial charge is 0.460 e. The second-order valence-electron chi connectivity index (χ2n) is 4.22. The number of rotatable bonds is 6. The molecule has 0 amide bonds. The highest BCUT2D eigenvalue weighted by Gasteiger charge is 2.17. The first-order valence-corrected chi connectivity index (χ1v) is 8.37. The van der Waals surface area contributed by atoms with E-state index in [1.165, 1.54) is 6.07 Å². The third-order valence-corrected chi connectivity index (χ3v) is 5.52. The maximum absolute atomic E-state index is 11.8. The Labute approximate surface area is 126 Å². The first kappa shape index (κ1) is 15.7. The van der Waals surface area contributed by atoms with Crippen LogP contribution in [-0.2, 0) is 26.2 Å². The number of esters is 1. The normalized spacial score (nSPS) is 11.5. The van der Waals surface area contributed by atoms with Crippen molar-refractivity contribution in [3.8, 4) is 0 Å². The van der Waals surface area contributed by atoms with Crippen LogP contribution in [0.5, 0.6) is 0 Å². The minimum atomic E-state index is -3.66. The van der Waals surface area contributed by atoms with Crippen LogP contribution in [0, 0.1) is 13.8 Å². The van der Waals surface area contributed by atoms with Gasteiger partial charge in [-0.15, -0.1) is 11.3 Å². The van der Waals surface area contributed by atoms with E-state index in [1.807, 2.05) is 0 Å². The van der Waals surface area contributed by atoms with Crippen molar-refractivity contribution >= 4 is 27.3 Å². The Hall–Kier alpha value is -1.71. The number of carbonyl (C=O) groups excluding carboxylic acids is 1. The van der Waals surface area contributed by atoms with E-state index in [-0.39, 0.29) is 10.8 Å². The molecule has 1 N–H and O–H groups in total. The second-order valence-corrected chi connectivity index (χ2v) is 7.16. The van der Waals surface area contributed by atoms with Crippen molar-refractivity contribution in [2.24, 2.45) is 0 Å². The van der Waals surface area contributed by atoms with Gasteiger partial charge in [-0.2, -0.15) is 4.72 Å². The minimum Gasteiger partial charge on any atom is -0.460 e. The topological polar surface area (TPSA) is 98.5 Å². The molecule has 0 spiro atoms. The molecule has 2 aromatic rings. The van der Waals surface area contributed by atoms with Gasteiger partial charge in [-0.1, -0.05) is 11.2 Å². The van der Waals surface area contributed by atoms with Gasteiger partial charge in [0.05, 0.1) is 11.3 Å². The third-order valence-electron chi connectivity index (χ3n) is 2.73. The first-order valence-electron chi connectivity index (χ1n) is 6.00. The van der Waals surface area contributed by atoms with Crippen molar-refractivity contribution in [3.63, 3.8) is 0 Å². The van der Waals surface area contributed by atoms with Crippen LogP contribution in [0.2, 0.25) is 0 Å². The molecule has 0 atom stereocenters. The number of sulfonamides is 1. The summed E-state index contributed by atoms with van der Waals surface area (Å²) in [6.45, 7) is 3.02. The summed E-state index contributed by atoms with van der Waals surface area (Å²) in [6.07, 6.45) is 0. The number of nitrogens with zero attached hydrogens (tertiary/aromatic N) is 1. The van der Waals surface area contributed by atoms with E-state index >= 15 is 0 Å². The number of hydrogen-bond donors (Lipinski definition) is 1. The van der Waals surface area contributed by atoms with Crippen LogP contribution in [0.25, 0.3) is 0 Å². The number of nitrogens with one attached hydrogen (secondary N) is 1. The average molecular weight is 330 g/mol. The van der Waals surface area contributed by atoms with Gasteiger partial charge in [-0.3, -0.25) is 4.79 Å². The van der Waals surface area contributed by atoms with Crippen LogP contribution in [0.3, 0.4) is 0 Å². The molecular formula is C12H14N2O5S2. The quantitative estimate of drug-likeness (QED) is 0.803. The highest BCUT2D eigenvalue weighted by atomic mass is 32.2. The van der Waals surface area contributed by atoms with Crippen LogP contribution in [0.15, 0.2) is 26.2 Å². The molecular weight excluding hydrogens is 316 g/mol. The smallest absolute Gasteiger partial charge is 0.321 e. The van der Waals surface area contributed by atoms with Crippen molar-refractivity contribution < 1.29 is 22.5 Å². The Morgan fingerprint density at radius 2 is 2.24 bits per heavy atom. The van der Waals surface area contributed by atoms with Gasteiger partial charge in [0, 0.05) is 0 Å². The van der Waals surface area contributed by atoms with Gasteiger partial charge in [0.15, 0.2) is 0 Å². The zero-order valence-electron chi connectivity index (χ0n) is 11.5. The third kappa shape index (κ3) is 3.90. The van der Waals surface area contributed by atoms with Crippen molar-refractivity contribution in [2.45, 2.75) is 24.7 Å². The summed E-state index contributed by atoms with van der Waals surface area (Å²) >= 11 is 1.07. The molecule has 0 bridgehead atoms. The molecule has 0 aliphatic rings. The second kappa shape index (κ2) is 6.37. The summed E-state index contributed by atoms with van der Waals surface area (Å²) in [7, 11) is -3.66. The highest BCUT2D eigenvalue weighted by Crippen LogP contribution is 2.15. The van der Waals surface area contributed by atoms with E-state index in [1.54, 1.807) is 25.3 Å². The fraction of sp³-hybridized carbons (Fsp3) is 0.333. The Morgan fingerprint density at radius 3 is 2.81 bits per heavy atom. The predicted molar refractivity (Wildman–Crippen MR) is 75.3 cm³/mol. The number of thiophene rings is 1. The van der Waals surface area contributed by atoms with Crippen LogP contribution in [0.1, 0.15) is 17.0 Å². The molecule has 21 heavy (non-hydrogen) atoms. The maximum Gasteiger partial charge on any atom is 0.321 e. The van der Waals surface area contributed by atoms with Gasteiger partial charge >= 0.3 is 5.97 Å². The van der Waals surface area contributed by atoms with E-state index in [0.29, 0.717) is 17.0 Å².